The lowest BCUT2D eigenvalue weighted by Crippen LogP contribution is -2.46. The minimum Gasteiger partial charge on any atom is -0.397 e. The SMILES string of the molecule is CC(=O)c1cnc2c(ccn2CC(=O)N2C3C[C@@H]3C[C@H]2C(=O)Nc2cccc(Br)n2)c1N. The third-order valence-electron chi connectivity index (χ3n) is 6.18. The van der Waals surface area contributed by atoms with Crippen molar-refractivity contribution < 1.29 is 14.4 Å². The first-order valence-corrected chi connectivity index (χ1v) is 11.1. The first-order chi connectivity index (χ1) is 15.3. The number of pyridine rings is 2. The summed E-state index contributed by atoms with van der Waals surface area (Å²) in [5.74, 6) is 0.257. The number of nitrogens with one attached hydrogen (secondary N) is 1. The van der Waals surface area contributed by atoms with Gasteiger partial charge in [0, 0.05) is 23.8 Å². The fourth-order valence-electron chi connectivity index (χ4n) is 4.53. The number of ketones is 1. The third kappa shape index (κ3) is 3.54. The molecule has 3 aromatic rings. The highest BCUT2D eigenvalue weighted by atomic mass is 79.9. The number of nitrogens with two attached hydrogens (primary N) is 1. The number of nitrogens with zero attached hydrogens (tertiary/aromatic N) is 4. The molecule has 164 valence electrons. The summed E-state index contributed by atoms with van der Waals surface area (Å²) >= 11 is 3.29. The molecule has 1 aliphatic carbocycles. The Morgan fingerprint density at radius 1 is 1.25 bits per heavy atom. The molecule has 2 amide bonds. The summed E-state index contributed by atoms with van der Waals surface area (Å²) in [6, 6.07) is 6.59. The van der Waals surface area contributed by atoms with E-state index in [1.807, 2.05) is 0 Å². The van der Waals surface area contributed by atoms with Gasteiger partial charge in [0.05, 0.1) is 11.3 Å². The highest BCUT2D eigenvalue weighted by Gasteiger charge is 2.56. The molecule has 0 radical (unpaired) electrons. The number of carbonyl (C=O) groups is 3. The molecule has 10 heteroatoms. The smallest absolute Gasteiger partial charge is 0.248 e. The van der Waals surface area contributed by atoms with Crippen LogP contribution in [0.1, 0.15) is 30.1 Å². The fourth-order valence-corrected chi connectivity index (χ4v) is 4.87. The summed E-state index contributed by atoms with van der Waals surface area (Å²) in [5.41, 5.74) is 7.38. The number of aromatic nitrogens is 3. The van der Waals surface area contributed by atoms with Crippen LogP contribution in [0.3, 0.4) is 0 Å². The summed E-state index contributed by atoms with van der Waals surface area (Å²) in [5, 5.41) is 3.45. The van der Waals surface area contributed by atoms with Crippen LogP contribution in [-0.2, 0) is 16.1 Å². The van der Waals surface area contributed by atoms with Crippen LogP contribution < -0.4 is 11.1 Å². The Morgan fingerprint density at radius 3 is 2.81 bits per heavy atom. The number of rotatable bonds is 5. The molecule has 1 saturated carbocycles. The average Bonchev–Trinajstić information content (AvgIpc) is 3.21. The predicted molar refractivity (Wildman–Crippen MR) is 122 cm³/mol. The van der Waals surface area contributed by atoms with E-state index in [1.165, 1.54) is 13.1 Å². The second-order valence-electron chi connectivity index (χ2n) is 8.27. The van der Waals surface area contributed by atoms with Gasteiger partial charge in [-0.25, -0.2) is 9.97 Å². The van der Waals surface area contributed by atoms with E-state index in [1.54, 1.807) is 39.9 Å². The van der Waals surface area contributed by atoms with Crippen LogP contribution in [-0.4, -0.2) is 49.1 Å². The zero-order valence-corrected chi connectivity index (χ0v) is 18.9. The number of amides is 2. The summed E-state index contributed by atoms with van der Waals surface area (Å²) in [6.45, 7) is 1.48. The minimum absolute atomic E-state index is 0.0392. The zero-order chi connectivity index (χ0) is 22.6. The van der Waals surface area contributed by atoms with Gasteiger partial charge in [0.2, 0.25) is 11.8 Å². The zero-order valence-electron chi connectivity index (χ0n) is 17.3. The molecule has 0 spiro atoms. The second-order valence-corrected chi connectivity index (χ2v) is 9.09. The van der Waals surface area contributed by atoms with E-state index >= 15 is 0 Å². The lowest BCUT2D eigenvalue weighted by Gasteiger charge is -2.27. The Hall–Kier alpha value is -3.27. The Labute approximate surface area is 192 Å². The molecule has 3 N–H and O–H groups in total. The minimum atomic E-state index is -0.531. The highest BCUT2D eigenvalue weighted by Crippen LogP contribution is 2.48. The van der Waals surface area contributed by atoms with Crippen LogP contribution in [0.25, 0.3) is 11.0 Å². The fraction of sp³-hybridized carbons (Fsp3) is 0.318. The molecule has 1 aliphatic heterocycles. The number of fused-ring (bicyclic) bond motifs is 2. The van der Waals surface area contributed by atoms with Crippen molar-refractivity contribution in [1.29, 1.82) is 0 Å². The van der Waals surface area contributed by atoms with E-state index in [4.69, 9.17) is 5.73 Å². The number of Topliss-reactive ketones (excluding diaryl/α,β-unsaturated/α-hetero) is 1. The van der Waals surface area contributed by atoms with E-state index in [0.717, 1.165) is 6.42 Å². The third-order valence-corrected chi connectivity index (χ3v) is 6.62. The molecule has 9 nitrogen and oxygen atoms in total. The molecule has 0 bridgehead atoms. The number of piperidine rings is 1. The number of likely N-dealkylation sites (tertiary alicyclic amines) is 1. The van der Waals surface area contributed by atoms with Gasteiger partial charge in [-0.3, -0.25) is 14.4 Å². The molecule has 32 heavy (non-hydrogen) atoms. The van der Waals surface area contributed by atoms with Crippen molar-refractivity contribution in [3.05, 3.63) is 46.8 Å². The Balaban J connectivity index is 1.36. The van der Waals surface area contributed by atoms with Gasteiger partial charge in [-0.05, 0) is 59.8 Å². The maximum absolute atomic E-state index is 13.3. The quantitative estimate of drug-likeness (QED) is 0.413. The van der Waals surface area contributed by atoms with Crippen LogP contribution in [0, 0.1) is 5.92 Å². The monoisotopic (exact) mass is 496 g/mol. The number of nitrogen functional groups attached to an aromatic ring is 1. The Bertz CT molecular complexity index is 1270. The van der Waals surface area contributed by atoms with Crippen molar-refractivity contribution in [1.82, 2.24) is 19.4 Å². The largest absolute Gasteiger partial charge is 0.397 e. The molecule has 1 saturated heterocycles. The standard InChI is InChI=1S/C22H21BrN6O3/c1-11(30)14-9-25-21-13(20(14)24)5-6-28(21)10-19(31)29-15-7-12(15)8-16(29)22(32)27-18-4-2-3-17(23)26-18/h2-6,9,12,15-16H,7-8,10H2,1H3,(H2,24,25)(H,26,27,32)/t12-,15?,16+/m1/s1. The number of carbonyl (C=O) groups excluding carboxylic acids is 3. The number of anilines is 2. The van der Waals surface area contributed by atoms with E-state index in [0.29, 0.717) is 45.0 Å². The molecular formula is C22H21BrN6O3. The van der Waals surface area contributed by atoms with Gasteiger partial charge in [0.15, 0.2) is 5.78 Å². The van der Waals surface area contributed by atoms with Crippen LogP contribution in [0.4, 0.5) is 11.5 Å². The van der Waals surface area contributed by atoms with Gasteiger partial charge in [-0.15, -0.1) is 0 Å². The van der Waals surface area contributed by atoms with Gasteiger partial charge in [0.1, 0.15) is 28.7 Å². The lowest BCUT2D eigenvalue weighted by atomic mass is 10.1. The molecule has 3 atom stereocenters. The molecule has 2 fully saturated rings. The molecule has 4 heterocycles. The molecule has 2 aliphatic rings. The summed E-state index contributed by atoms with van der Waals surface area (Å²) in [4.78, 5) is 48.2. The van der Waals surface area contributed by atoms with Crippen molar-refractivity contribution in [3.63, 3.8) is 0 Å². The molecular weight excluding hydrogens is 476 g/mol. The molecule has 1 unspecified atom stereocenters. The van der Waals surface area contributed by atoms with Gasteiger partial charge in [-0.2, -0.15) is 0 Å². The van der Waals surface area contributed by atoms with Crippen LogP contribution in [0.2, 0.25) is 0 Å². The van der Waals surface area contributed by atoms with Crippen molar-refractivity contribution in [2.75, 3.05) is 11.1 Å². The number of halogens is 1. The maximum atomic E-state index is 13.3. The van der Waals surface area contributed by atoms with Crippen molar-refractivity contribution in [2.45, 2.75) is 38.4 Å². The number of hydrogen-bond donors (Lipinski definition) is 2. The molecule has 5 rings (SSSR count). The van der Waals surface area contributed by atoms with Crippen molar-refractivity contribution in [2.24, 2.45) is 5.92 Å². The van der Waals surface area contributed by atoms with Gasteiger partial charge in [0.25, 0.3) is 0 Å². The number of hydrogen-bond acceptors (Lipinski definition) is 6. The van der Waals surface area contributed by atoms with Crippen LogP contribution >= 0.6 is 15.9 Å². The molecule has 0 aromatic carbocycles. The van der Waals surface area contributed by atoms with Crippen molar-refractivity contribution in [3.8, 4) is 0 Å². The first-order valence-electron chi connectivity index (χ1n) is 10.3. The van der Waals surface area contributed by atoms with E-state index < -0.39 is 6.04 Å². The van der Waals surface area contributed by atoms with Gasteiger partial charge in [-0.1, -0.05) is 6.07 Å². The Morgan fingerprint density at radius 2 is 2.06 bits per heavy atom. The highest BCUT2D eigenvalue weighted by molar-refractivity contribution is 9.10. The first kappa shape index (κ1) is 20.6. The average molecular weight is 497 g/mol. The summed E-state index contributed by atoms with van der Waals surface area (Å²) in [7, 11) is 0. The van der Waals surface area contributed by atoms with E-state index in [-0.39, 0.29) is 30.2 Å². The molecule has 3 aromatic heterocycles. The lowest BCUT2D eigenvalue weighted by molar-refractivity contribution is -0.138. The second kappa shape index (κ2) is 7.70. The van der Waals surface area contributed by atoms with Crippen LogP contribution in [0.5, 0.6) is 0 Å². The summed E-state index contributed by atoms with van der Waals surface area (Å²) < 4.78 is 2.33. The normalized spacial score (nSPS) is 21.4. The van der Waals surface area contributed by atoms with Crippen LogP contribution in [0.15, 0.2) is 41.3 Å². The van der Waals surface area contributed by atoms with E-state index in [9.17, 15) is 14.4 Å². The predicted octanol–water partition coefficient (Wildman–Crippen LogP) is 2.61. The summed E-state index contributed by atoms with van der Waals surface area (Å²) in [6.07, 6.45) is 4.74. The topological polar surface area (TPSA) is 123 Å². The van der Waals surface area contributed by atoms with Crippen molar-refractivity contribution >= 4 is 56.1 Å². The van der Waals surface area contributed by atoms with Gasteiger partial charge < -0.3 is 20.5 Å². The maximum Gasteiger partial charge on any atom is 0.248 e. The van der Waals surface area contributed by atoms with E-state index in [2.05, 4.69) is 31.2 Å². The van der Waals surface area contributed by atoms with Gasteiger partial charge >= 0.3 is 0 Å². The Kier molecular flexibility index (Phi) is 4.96.